The third kappa shape index (κ3) is 5.69. The van der Waals surface area contributed by atoms with Crippen molar-refractivity contribution >= 4 is 27.5 Å². The first-order valence-electron chi connectivity index (χ1n) is 8.56. The third-order valence-electron chi connectivity index (χ3n) is 4.42. The molecule has 1 aromatic rings. The number of rotatable bonds is 8. The number of benzene rings is 1. The number of likely N-dealkylation sites (N-methyl/N-ethyl adjacent to an activating group) is 1. The van der Waals surface area contributed by atoms with Crippen LogP contribution in [-0.4, -0.2) is 75.9 Å². The molecule has 0 unspecified atom stereocenters. The summed E-state index contributed by atoms with van der Waals surface area (Å²) >= 11 is 0. The molecule has 1 heterocycles. The lowest BCUT2D eigenvalue weighted by atomic mass is 10.1. The Labute approximate surface area is 163 Å². The van der Waals surface area contributed by atoms with E-state index in [1.807, 2.05) is 0 Å². The van der Waals surface area contributed by atoms with Crippen molar-refractivity contribution in [3.05, 3.63) is 23.8 Å². The first kappa shape index (κ1) is 21.7. The molecule has 1 amide bonds. The fraction of sp³-hybridized carbons (Fsp3) is 0.500. The number of amides is 1. The van der Waals surface area contributed by atoms with E-state index in [1.54, 1.807) is 6.07 Å². The van der Waals surface area contributed by atoms with Crippen molar-refractivity contribution in [2.75, 3.05) is 38.9 Å². The molecule has 0 saturated carbocycles. The molecule has 10 heteroatoms. The number of sulfone groups is 1. The summed E-state index contributed by atoms with van der Waals surface area (Å²) < 4.78 is 38.3. The Morgan fingerprint density at radius 1 is 1.18 bits per heavy atom. The van der Waals surface area contributed by atoms with Crippen LogP contribution in [0.25, 0.3) is 0 Å². The van der Waals surface area contributed by atoms with Crippen LogP contribution in [0.3, 0.4) is 0 Å². The number of Topliss-reactive ketones (excluding diaryl/α,β-unsaturated/α-hetero) is 1. The number of ketones is 1. The minimum Gasteiger partial charge on any atom is -0.493 e. The molecule has 0 aliphatic carbocycles. The van der Waals surface area contributed by atoms with Gasteiger partial charge in [-0.25, -0.2) is 13.2 Å². The van der Waals surface area contributed by atoms with Gasteiger partial charge in [-0.05, 0) is 31.5 Å². The maximum absolute atomic E-state index is 12.1. The largest absolute Gasteiger partial charge is 0.493 e. The van der Waals surface area contributed by atoms with Gasteiger partial charge < -0.3 is 19.1 Å². The number of esters is 1. The van der Waals surface area contributed by atoms with Crippen LogP contribution in [0.1, 0.15) is 23.7 Å². The molecule has 1 aliphatic heterocycles. The van der Waals surface area contributed by atoms with Gasteiger partial charge in [0.15, 0.2) is 40.3 Å². The zero-order valence-electron chi connectivity index (χ0n) is 16.0. The summed E-state index contributed by atoms with van der Waals surface area (Å²) in [5.74, 6) is -0.878. The van der Waals surface area contributed by atoms with Crippen molar-refractivity contribution in [3.63, 3.8) is 0 Å². The molecule has 1 atom stereocenters. The first-order valence-corrected chi connectivity index (χ1v) is 10.4. The predicted octanol–water partition coefficient (Wildman–Crippen LogP) is 0.465. The van der Waals surface area contributed by atoms with E-state index < -0.39 is 41.0 Å². The Balaban J connectivity index is 1.83. The minimum absolute atomic E-state index is 0.0488. The van der Waals surface area contributed by atoms with Gasteiger partial charge in [0, 0.05) is 18.7 Å². The smallest absolute Gasteiger partial charge is 0.344 e. The third-order valence-corrected chi connectivity index (χ3v) is 6.17. The average Bonchev–Trinajstić information content (AvgIpc) is 3.03. The van der Waals surface area contributed by atoms with Crippen LogP contribution in [0.15, 0.2) is 18.2 Å². The Morgan fingerprint density at radius 3 is 2.46 bits per heavy atom. The van der Waals surface area contributed by atoms with Crippen molar-refractivity contribution in [2.24, 2.45) is 0 Å². The highest BCUT2D eigenvalue weighted by Crippen LogP contribution is 2.28. The molecule has 0 bridgehead atoms. The second kappa shape index (κ2) is 9.05. The van der Waals surface area contributed by atoms with Crippen LogP contribution in [0, 0.1) is 0 Å². The zero-order chi connectivity index (χ0) is 20.9. The molecule has 154 valence electrons. The van der Waals surface area contributed by atoms with Gasteiger partial charge in [-0.3, -0.25) is 9.59 Å². The van der Waals surface area contributed by atoms with Gasteiger partial charge in [-0.2, -0.15) is 0 Å². The predicted molar refractivity (Wildman–Crippen MR) is 99.3 cm³/mol. The van der Waals surface area contributed by atoms with E-state index in [2.05, 4.69) is 0 Å². The van der Waals surface area contributed by atoms with E-state index in [-0.39, 0.29) is 23.0 Å². The summed E-state index contributed by atoms with van der Waals surface area (Å²) in [7, 11) is -0.224. The Hall–Kier alpha value is -2.62. The summed E-state index contributed by atoms with van der Waals surface area (Å²) in [6.45, 7) is 0.460. The highest BCUT2D eigenvalue weighted by molar-refractivity contribution is 7.91. The second-order valence-electron chi connectivity index (χ2n) is 6.43. The van der Waals surface area contributed by atoms with E-state index in [0.29, 0.717) is 17.7 Å². The van der Waals surface area contributed by atoms with Gasteiger partial charge in [0.25, 0.3) is 5.91 Å². The van der Waals surface area contributed by atoms with Crippen LogP contribution in [0.2, 0.25) is 0 Å². The van der Waals surface area contributed by atoms with Crippen LogP contribution in [0.4, 0.5) is 0 Å². The molecule has 9 nitrogen and oxygen atoms in total. The van der Waals surface area contributed by atoms with Gasteiger partial charge in [-0.1, -0.05) is 0 Å². The van der Waals surface area contributed by atoms with Crippen molar-refractivity contribution in [1.82, 2.24) is 4.90 Å². The summed E-state index contributed by atoms with van der Waals surface area (Å²) in [5, 5.41) is 0. The lowest BCUT2D eigenvalue weighted by molar-refractivity contribution is -0.153. The molecule has 1 aliphatic rings. The van der Waals surface area contributed by atoms with E-state index >= 15 is 0 Å². The van der Waals surface area contributed by atoms with Crippen molar-refractivity contribution in [1.29, 1.82) is 0 Å². The van der Waals surface area contributed by atoms with Crippen molar-refractivity contribution < 1.29 is 37.0 Å². The van der Waals surface area contributed by atoms with Crippen LogP contribution >= 0.6 is 0 Å². The SMILES string of the molecule is COc1cc(C(C)=O)ccc1OCC(=O)OCC(=O)N(C)[C@H]1CCS(=O)(=O)C1. The van der Waals surface area contributed by atoms with Crippen molar-refractivity contribution in [3.8, 4) is 11.5 Å². The molecule has 2 rings (SSSR count). The zero-order valence-corrected chi connectivity index (χ0v) is 16.8. The fourth-order valence-electron chi connectivity index (χ4n) is 2.71. The molecule has 0 N–H and O–H groups in total. The number of hydrogen-bond donors (Lipinski definition) is 0. The van der Waals surface area contributed by atoms with Crippen LogP contribution in [0.5, 0.6) is 11.5 Å². The summed E-state index contributed by atoms with van der Waals surface area (Å²) in [6, 6.07) is 4.13. The Morgan fingerprint density at radius 2 is 1.89 bits per heavy atom. The molecule has 0 aromatic heterocycles. The molecule has 0 radical (unpaired) electrons. The van der Waals surface area contributed by atoms with Gasteiger partial charge >= 0.3 is 5.97 Å². The second-order valence-corrected chi connectivity index (χ2v) is 8.66. The van der Waals surface area contributed by atoms with E-state index in [1.165, 1.54) is 38.1 Å². The first-order chi connectivity index (χ1) is 13.1. The maximum atomic E-state index is 12.1. The molecule has 1 saturated heterocycles. The molecular formula is C18H23NO8S. The Kier molecular flexibility index (Phi) is 7.00. The number of nitrogens with zero attached hydrogens (tertiary/aromatic N) is 1. The summed E-state index contributed by atoms with van der Waals surface area (Å²) in [6.07, 6.45) is 0.373. The number of hydrogen-bond acceptors (Lipinski definition) is 8. The Bertz CT molecular complexity index is 864. The van der Waals surface area contributed by atoms with Crippen LogP contribution < -0.4 is 9.47 Å². The normalized spacial score (nSPS) is 17.6. The molecule has 1 aromatic carbocycles. The minimum atomic E-state index is -3.11. The maximum Gasteiger partial charge on any atom is 0.344 e. The lowest BCUT2D eigenvalue weighted by Gasteiger charge is -2.23. The average molecular weight is 413 g/mol. The summed E-state index contributed by atoms with van der Waals surface area (Å²) in [4.78, 5) is 36.6. The molecule has 28 heavy (non-hydrogen) atoms. The number of carbonyl (C=O) groups excluding carboxylic acids is 3. The highest BCUT2D eigenvalue weighted by atomic mass is 32.2. The number of ether oxygens (including phenoxy) is 3. The van der Waals surface area contributed by atoms with E-state index in [0.717, 1.165) is 0 Å². The van der Waals surface area contributed by atoms with Gasteiger partial charge in [-0.15, -0.1) is 0 Å². The molecular weight excluding hydrogens is 390 g/mol. The number of methoxy groups -OCH3 is 1. The topological polar surface area (TPSA) is 116 Å². The highest BCUT2D eigenvalue weighted by Gasteiger charge is 2.32. The van der Waals surface area contributed by atoms with Crippen LogP contribution in [-0.2, 0) is 24.2 Å². The van der Waals surface area contributed by atoms with E-state index in [4.69, 9.17) is 14.2 Å². The van der Waals surface area contributed by atoms with Gasteiger partial charge in [0.2, 0.25) is 0 Å². The van der Waals surface area contributed by atoms with Gasteiger partial charge in [0.05, 0.1) is 18.6 Å². The fourth-order valence-corrected chi connectivity index (χ4v) is 4.49. The monoisotopic (exact) mass is 413 g/mol. The summed E-state index contributed by atoms with van der Waals surface area (Å²) in [5.41, 5.74) is 0.439. The quantitative estimate of drug-likeness (QED) is 0.446. The lowest BCUT2D eigenvalue weighted by Crippen LogP contribution is -2.40. The molecule has 1 fully saturated rings. The molecule has 0 spiro atoms. The van der Waals surface area contributed by atoms with Crippen molar-refractivity contribution in [2.45, 2.75) is 19.4 Å². The number of carbonyl (C=O) groups is 3. The standard InChI is InChI=1S/C18H23NO8S/c1-12(20)13-4-5-15(16(8-13)25-3)26-10-18(22)27-9-17(21)19(2)14-6-7-28(23,24)11-14/h4-5,8,14H,6-7,9-11H2,1-3H3/t14-/m0/s1. The van der Waals surface area contributed by atoms with Gasteiger partial charge in [0.1, 0.15) is 0 Å². The van der Waals surface area contributed by atoms with E-state index in [9.17, 15) is 22.8 Å².